The number of fused-ring (bicyclic) bond motifs is 15. The Morgan fingerprint density at radius 1 is 0.216 bits per heavy atom. The molecule has 0 fully saturated rings. The molecule has 0 radical (unpaired) electrons. The number of anilines is 2. The topological polar surface area (TPSA) is 265 Å². The van der Waals surface area contributed by atoms with Gasteiger partial charge in [-0.15, -0.1) is 0 Å². The Morgan fingerprint density at radius 2 is 0.453 bits per heavy atom. The van der Waals surface area contributed by atoms with Gasteiger partial charge in [0.1, 0.15) is 40.7 Å². The molecule has 0 bridgehead atoms. The van der Waals surface area contributed by atoms with Crippen LogP contribution in [-0.2, 0) is 0 Å². The number of aromatic nitrogens is 13. The number of hydrogen-bond donors (Lipinski definition) is 2. The van der Waals surface area contributed by atoms with E-state index >= 15 is 0 Å². The van der Waals surface area contributed by atoms with Crippen LogP contribution in [0.2, 0.25) is 10.0 Å². The van der Waals surface area contributed by atoms with Crippen LogP contribution in [-0.4, -0.2) is 62.7 Å². The number of hydrogen-bond acceptors (Lipinski definition) is 15. The Hall–Kier alpha value is -19.0. The summed E-state index contributed by atoms with van der Waals surface area (Å²) in [6.45, 7) is 7.02. The molecule has 0 amide bonds. The third kappa shape index (κ3) is 18.9. The van der Waals surface area contributed by atoms with Gasteiger partial charge in [-0.25, -0.2) is 31.9 Å². The highest BCUT2D eigenvalue weighted by molar-refractivity contribution is 6.31. The zero-order chi connectivity index (χ0) is 102. The van der Waals surface area contributed by atoms with Gasteiger partial charge in [-0.2, -0.15) is 0 Å². The molecular weight excluding hydrogens is 1910 g/mol. The molecule has 0 unspecified atom stereocenters. The molecular formula is C121H80Cl2F5N15O5. The fourth-order valence-corrected chi connectivity index (χ4v) is 18.7. The van der Waals surface area contributed by atoms with Crippen molar-refractivity contribution in [1.29, 1.82) is 0 Å². The van der Waals surface area contributed by atoms with E-state index in [1.54, 1.807) is 167 Å². The lowest BCUT2D eigenvalue weighted by Gasteiger charge is -2.14. The maximum atomic E-state index is 13.8. The van der Waals surface area contributed by atoms with E-state index in [0.29, 0.717) is 67.8 Å². The smallest absolute Gasteiger partial charge is 0.255 e. The van der Waals surface area contributed by atoms with Crippen molar-refractivity contribution in [2.24, 2.45) is 0 Å². The Balaban J connectivity index is 0.000000108. The van der Waals surface area contributed by atoms with Crippen LogP contribution in [0.3, 0.4) is 0 Å². The number of rotatable bonds is 10. The van der Waals surface area contributed by atoms with Gasteiger partial charge in [0, 0.05) is 173 Å². The quantitative estimate of drug-likeness (QED) is 0.0952. The van der Waals surface area contributed by atoms with Gasteiger partial charge in [-0.1, -0.05) is 120 Å². The monoisotopic (exact) mass is 1990 g/mol. The number of nitrogens with zero attached hydrogens (tertiary/aromatic N) is 13. The molecule has 27 heteroatoms. The van der Waals surface area contributed by atoms with E-state index in [1.165, 1.54) is 83.4 Å². The van der Waals surface area contributed by atoms with Crippen LogP contribution in [0.25, 0.3) is 193 Å². The number of aryl methyl sites for hydroxylation is 4. The van der Waals surface area contributed by atoms with E-state index in [4.69, 9.17) is 34.7 Å². The number of benzene rings is 12. The third-order valence-corrected chi connectivity index (χ3v) is 26.4. The van der Waals surface area contributed by atoms with Gasteiger partial charge in [-0.05, 0) is 296 Å². The first-order valence-electron chi connectivity index (χ1n) is 46.7. The van der Waals surface area contributed by atoms with Crippen LogP contribution >= 0.6 is 23.2 Å². The second kappa shape index (κ2) is 40.1. The zero-order valence-electron chi connectivity index (χ0n) is 79.1. The summed E-state index contributed by atoms with van der Waals surface area (Å²) in [7, 11) is 0. The average Bonchev–Trinajstić information content (AvgIpc) is 0.765. The minimum absolute atomic E-state index is 0.0326. The summed E-state index contributed by atoms with van der Waals surface area (Å²) in [6, 6.07) is 99.9. The van der Waals surface area contributed by atoms with Crippen molar-refractivity contribution < 1.29 is 22.0 Å². The summed E-state index contributed by atoms with van der Waals surface area (Å²) in [4.78, 5) is 99.8. The molecule has 0 saturated carbocycles. The summed E-state index contributed by atoms with van der Waals surface area (Å²) in [5.74, 6) is -1.08. The molecule has 13 heterocycles. The summed E-state index contributed by atoms with van der Waals surface area (Å²) >= 11 is 12.0. The van der Waals surface area contributed by atoms with Crippen LogP contribution in [0.5, 0.6) is 0 Å². The van der Waals surface area contributed by atoms with E-state index < -0.39 is 11.6 Å². The lowest BCUT2D eigenvalue weighted by atomic mass is 10.0. The second-order valence-corrected chi connectivity index (χ2v) is 36.2. The molecule has 4 N–H and O–H groups in total. The zero-order valence-corrected chi connectivity index (χ0v) is 80.6. The molecule has 0 saturated heterocycles. The van der Waals surface area contributed by atoms with Crippen LogP contribution in [0, 0.1) is 56.8 Å². The van der Waals surface area contributed by atoms with Gasteiger partial charge in [0.05, 0.1) is 76.6 Å². The molecule has 20 nitrogen and oxygen atoms in total. The highest BCUT2D eigenvalue weighted by Crippen LogP contribution is 2.39. The van der Waals surface area contributed by atoms with Gasteiger partial charge in [0.2, 0.25) is 0 Å². The summed E-state index contributed by atoms with van der Waals surface area (Å²) < 4.78 is 76.9. The lowest BCUT2D eigenvalue weighted by molar-refractivity contribution is 0.617. The predicted octanol–water partition coefficient (Wildman–Crippen LogP) is 26.6. The van der Waals surface area contributed by atoms with Crippen LogP contribution in [0.15, 0.2) is 413 Å². The minimum Gasteiger partial charge on any atom is -0.384 e. The first-order chi connectivity index (χ1) is 71.8. The highest BCUT2D eigenvalue weighted by atomic mass is 35.5. The molecule has 0 aliphatic rings. The minimum atomic E-state index is -0.543. The summed E-state index contributed by atoms with van der Waals surface area (Å²) in [5, 5.41) is 8.16. The van der Waals surface area contributed by atoms with Crippen molar-refractivity contribution in [3.05, 3.63) is 503 Å². The van der Waals surface area contributed by atoms with Gasteiger partial charge >= 0.3 is 0 Å². The van der Waals surface area contributed by atoms with Crippen LogP contribution in [0.1, 0.15) is 22.4 Å². The normalized spacial score (nSPS) is 11.3. The number of halogens is 7. The van der Waals surface area contributed by atoms with Crippen LogP contribution < -0.4 is 39.3 Å². The molecule has 25 rings (SSSR count). The maximum Gasteiger partial charge on any atom is 0.255 e. The fourth-order valence-electron chi connectivity index (χ4n) is 18.3. The molecule has 0 aliphatic carbocycles. The van der Waals surface area contributed by atoms with Crippen molar-refractivity contribution in [2.45, 2.75) is 27.7 Å². The first-order valence-corrected chi connectivity index (χ1v) is 47.4. The van der Waals surface area contributed by atoms with Gasteiger partial charge in [0.15, 0.2) is 0 Å². The van der Waals surface area contributed by atoms with E-state index in [1.807, 2.05) is 171 Å². The second-order valence-electron chi connectivity index (χ2n) is 35.4. The van der Waals surface area contributed by atoms with Crippen LogP contribution in [0.4, 0.5) is 33.6 Å². The number of nitrogen functional groups attached to an aromatic ring is 2. The lowest BCUT2D eigenvalue weighted by Crippen LogP contribution is -2.18. The molecule has 718 valence electrons. The Kier molecular flexibility index (Phi) is 25.8. The largest absolute Gasteiger partial charge is 0.384 e. The maximum absolute atomic E-state index is 13.8. The van der Waals surface area contributed by atoms with E-state index in [0.717, 1.165) is 159 Å². The molecule has 0 aliphatic heterocycles. The van der Waals surface area contributed by atoms with E-state index in [2.05, 4.69) is 58.1 Å². The van der Waals surface area contributed by atoms with Crippen molar-refractivity contribution >= 4 is 144 Å². The third-order valence-electron chi connectivity index (χ3n) is 25.8. The molecule has 12 aromatic carbocycles. The van der Waals surface area contributed by atoms with E-state index in [9.17, 15) is 45.9 Å². The Bertz CT molecular complexity index is 9230. The number of nitrogens with two attached hydrogens (primary N) is 2. The van der Waals surface area contributed by atoms with Gasteiger partial charge in [0.25, 0.3) is 27.8 Å². The van der Waals surface area contributed by atoms with Gasteiger partial charge in [-0.3, -0.25) is 76.7 Å². The molecule has 25 aromatic rings. The van der Waals surface area contributed by atoms with E-state index in [-0.39, 0.29) is 55.3 Å². The summed E-state index contributed by atoms with van der Waals surface area (Å²) in [6.07, 6.45) is 14.0. The molecule has 148 heavy (non-hydrogen) atoms. The van der Waals surface area contributed by atoms with Crippen molar-refractivity contribution in [1.82, 2.24) is 62.7 Å². The Labute approximate surface area is 848 Å². The molecule has 0 atom stereocenters. The molecule has 0 spiro atoms. The van der Waals surface area contributed by atoms with Crippen molar-refractivity contribution in [3.8, 4) is 84.1 Å². The number of pyridine rings is 13. The highest BCUT2D eigenvalue weighted by Gasteiger charge is 2.22. The Morgan fingerprint density at radius 3 is 0.689 bits per heavy atom. The first kappa shape index (κ1) is 95.2. The van der Waals surface area contributed by atoms with Crippen molar-refractivity contribution in [3.63, 3.8) is 0 Å². The van der Waals surface area contributed by atoms with Crippen molar-refractivity contribution in [2.75, 3.05) is 11.5 Å². The standard InChI is InChI=1S/C25H18FN3O.C25H17FN2O.C24H14ClFN2O.C24H17FN4O.C23H14ClFN4O/c1-15-11-20(7-8-22(15)26)29-24(30)10-6-19-14-28-23-9-5-17(12-21(23)25(19)29)18-4-3-16(2)27-13-18;1-16-13-20(9-10-22(16)26)28-24(29)12-8-19-15-27-23-11-7-18(14-21(23)25(19)28)17-5-3-2-4-6-17;25-20-13-18(8-9-21(20)26)28-23(29)11-7-17-14-27-22-10-6-16(12-19(22)24(17)28)15-4-2-1-3-5-15;1-14-10-18(5-6-20(14)25)29-23(30)9-4-17-13-27-21-7-2-15(11-19(21)24(17)29)16-3-8-22(26)28-12-16;24-18-10-16(4-5-19(18)25)29-22(30)8-3-15-12-27-20-6-1-13(9-17(20)23(15)29)14-2-7-21(26)28-11-14/h3-14H,1-2H3;2-15H,1H3;1-14H;2-13H,1H3,(H2,26,28);1-12H,(H2,26,28). The fraction of sp³-hybridized carbons (Fsp3) is 0.0331. The summed E-state index contributed by atoms with van der Waals surface area (Å²) in [5.41, 5.74) is 32.9. The van der Waals surface area contributed by atoms with Gasteiger partial charge < -0.3 is 11.5 Å². The molecule has 13 aromatic heterocycles. The average molecular weight is 1990 g/mol. The predicted molar refractivity (Wildman–Crippen MR) is 582 cm³/mol. The SMILES string of the molecule is Cc1cc(-n2c(=O)ccc3cnc4ccc(-c5ccc(N)nc5)cc4c32)ccc1F.Cc1cc(-n2c(=O)ccc3cnc4ccc(-c5ccccc5)cc4c32)ccc1F.Cc1ccc(-c2ccc3ncc4ccc(=O)n(-c5ccc(F)c(C)c5)c4c3c2)cn1.Nc1ccc(-c2ccc3ncc4ccc(=O)n(-c5ccc(F)c(Cl)c5)c4c3c2)cn1.O=c1ccc2cnc3ccc(-c4ccccc4)cc3c2n1-c1ccc(F)c(Cl)c1.